The smallest absolute Gasteiger partial charge is 0.251 e. The minimum absolute atomic E-state index is 0.0492. The van der Waals surface area contributed by atoms with Crippen molar-refractivity contribution in [3.63, 3.8) is 0 Å². The van der Waals surface area contributed by atoms with Gasteiger partial charge < -0.3 is 9.84 Å². The molecule has 2 heterocycles. The second-order valence-electron chi connectivity index (χ2n) is 6.61. The fourth-order valence-corrected chi connectivity index (χ4v) is 3.01. The number of piperidine rings is 1. The fourth-order valence-electron chi connectivity index (χ4n) is 3.01. The van der Waals surface area contributed by atoms with Gasteiger partial charge in [-0.1, -0.05) is 24.2 Å². The van der Waals surface area contributed by atoms with Gasteiger partial charge >= 0.3 is 0 Å². The molecular weight excluding hydrogens is 304 g/mol. The van der Waals surface area contributed by atoms with Crippen LogP contribution in [0, 0.1) is 5.92 Å². The van der Waals surface area contributed by atoms with E-state index in [-0.39, 0.29) is 5.91 Å². The molecule has 0 spiro atoms. The van der Waals surface area contributed by atoms with Gasteiger partial charge in [0, 0.05) is 23.7 Å². The highest BCUT2D eigenvalue weighted by atomic mass is 16.5. The molecule has 128 valence electrons. The first-order valence-corrected chi connectivity index (χ1v) is 8.52. The zero-order valence-corrected chi connectivity index (χ0v) is 14.2. The van der Waals surface area contributed by atoms with E-state index in [1.165, 1.54) is 19.2 Å². The maximum absolute atomic E-state index is 12.3. The van der Waals surface area contributed by atoms with E-state index in [0.717, 1.165) is 24.6 Å². The molecule has 1 N–H and O–H groups in total. The molecule has 1 amide bonds. The third-order valence-electron chi connectivity index (χ3n) is 4.77. The Balaban J connectivity index is 1.51. The van der Waals surface area contributed by atoms with E-state index in [9.17, 15) is 4.79 Å². The summed E-state index contributed by atoms with van der Waals surface area (Å²) >= 11 is 0. The quantitative estimate of drug-likeness (QED) is 0.913. The van der Waals surface area contributed by atoms with E-state index in [1.807, 2.05) is 12.1 Å². The summed E-state index contributed by atoms with van der Waals surface area (Å²) in [6.07, 6.45) is 3.78. The Morgan fingerprint density at radius 2 is 2.04 bits per heavy atom. The molecule has 6 nitrogen and oxygen atoms in total. The van der Waals surface area contributed by atoms with Crippen LogP contribution in [0.4, 0.5) is 0 Å². The number of likely N-dealkylation sites (tertiary alicyclic amines) is 1. The highest BCUT2D eigenvalue weighted by Crippen LogP contribution is 2.18. The van der Waals surface area contributed by atoms with Gasteiger partial charge in [0.2, 0.25) is 12.2 Å². The maximum Gasteiger partial charge on any atom is 0.251 e. The molecule has 1 unspecified atom stereocenters. The number of aromatic nitrogens is 2. The van der Waals surface area contributed by atoms with E-state index in [2.05, 4.69) is 34.2 Å². The number of amides is 1. The molecule has 1 aromatic carbocycles. The van der Waals surface area contributed by atoms with Gasteiger partial charge in [-0.3, -0.25) is 9.69 Å². The number of carbonyl (C=O) groups is 1. The van der Waals surface area contributed by atoms with E-state index >= 15 is 0 Å². The average Bonchev–Trinajstić information content (AvgIpc) is 3.15. The van der Waals surface area contributed by atoms with E-state index in [1.54, 1.807) is 12.1 Å². The minimum atomic E-state index is -0.0492. The SMILES string of the molecule is CC1CCN(C(C)CNC(=O)c2ccc(-c3ncon3)cc2)CC1. The summed E-state index contributed by atoms with van der Waals surface area (Å²) in [5.74, 6) is 1.29. The van der Waals surface area contributed by atoms with Crippen molar-refractivity contribution in [2.24, 2.45) is 5.92 Å². The summed E-state index contributed by atoms with van der Waals surface area (Å²) in [6.45, 7) is 7.40. The number of nitrogens with zero attached hydrogens (tertiary/aromatic N) is 3. The zero-order valence-electron chi connectivity index (χ0n) is 14.2. The van der Waals surface area contributed by atoms with Crippen LogP contribution in [0.1, 0.15) is 37.0 Å². The van der Waals surface area contributed by atoms with Gasteiger partial charge in [0.15, 0.2) is 0 Å². The topological polar surface area (TPSA) is 71.3 Å². The van der Waals surface area contributed by atoms with Crippen LogP contribution in [0.3, 0.4) is 0 Å². The third kappa shape index (κ3) is 4.00. The second kappa shape index (κ2) is 7.57. The number of hydrogen-bond acceptors (Lipinski definition) is 5. The lowest BCUT2D eigenvalue weighted by atomic mass is 9.98. The standard InChI is InChI=1S/C18H24N4O2/c1-13-7-9-22(10-8-13)14(2)11-19-18(23)16-5-3-15(4-6-16)17-20-12-24-21-17/h3-6,12-14H,7-11H2,1-2H3,(H,19,23). The Labute approximate surface area is 142 Å². The molecule has 0 radical (unpaired) electrons. The van der Waals surface area contributed by atoms with Crippen LogP contribution in [-0.4, -0.2) is 46.6 Å². The van der Waals surface area contributed by atoms with Crippen molar-refractivity contribution < 1.29 is 9.32 Å². The first-order valence-electron chi connectivity index (χ1n) is 8.52. The number of carbonyl (C=O) groups excluding carboxylic acids is 1. The predicted molar refractivity (Wildman–Crippen MR) is 91.5 cm³/mol. The van der Waals surface area contributed by atoms with Gasteiger partial charge in [-0.15, -0.1) is 0 Å². The number of benzene rings is 1. The molecule has 2 aromatic rings. The van der Waals surface area contributed by atoms with E-state index < -0.39 is 0 Å². The van der Waals surface area contributed by atoms with Crippen molar-refractivity contribution in [3.8, 4) is 11.4 Å². The van der Waals surface area contributed by atoms with Crippen LogP contribution in [0.5, 0.6) is 0 Å². The molecule has 24 heavy (non-hydrogen) atoms. The predicted octanol–water partition coefficient (Wildman–Crippen LogP) is 2.59. The van der Waals surface area contributed by atoms with Crippen LogP contribution in [0.15, 0.2) is 35.2 Å². The van der Waals surface area contributed by atoms with Gasteiger partial charge in [0.25, 0.3) is 5.91 Å². The molecule has 1 aliphatic heterocycles. The van der Waals surface area contributed by atoms with Gasteiger partial charge in [-0.2, -0.15) is 4.98 Å². The van der Waals surface area contributed by atoms with Crippen LogP contribution < -0.4 is 5.32 Å². The van der Waals surface area contributed by atoms with Crippen LogP contribution >= 0.6 is 0 Å². The zero-order chi connectivity index (χ0) is 16.9. The summed E-state index contributed by atoms with van der Waals surface area (Å²) in [4.78, 5) is 18.8. The van der Waals surface area contributed by atoms with E-state index in [0.29, 0.717) is 24.0 Å². The molecule has 1 atom stereocenters. The summed E-state index contributed by atoms with van der Waals surface area (Å²) in [5, 5.41) is 6.82. The Morgan fingerprint density at radius 1 is 1.33 bits per heavy atom. The van der Waals surface area contributed by atoms with Crippen LogP contribution in [0.25, 0.3) is 11.4 Å². The lowest BCUT2D eigenvalue weighted by molar-refractivity contribution is 0.0921. The molecule has 1 aliphatic rings. The molecular formula is C18H24N4O2. The fraction of sp³-hybridized carbons (Fsp3) is 0.500. The van der Waals surface area contributed by atoms with Gasteiger partial charge in [0.1, 0.15) is 0 Å². The molecule has 3 rings (SSSR count). The maximum atomic E-state index is 12.3. The van der Waals surface area contributed by atoms with Crippen molar-refractivity contribution in [2.45, 2.75) is 32.7 Å². The Hall–Kier alpha value is -2.21. The molecule has 0 aliphatic carbocycles. The summed E-state index contributed by atoms with van der Waals surface area (Å²) in [5.41, 5.74) is 1.47. The highest BCUT2D eigenvalue weighted by Gasteiger charge is 2.20. The van der Waals surface area contributed by atoms with Crippen LogP contribution in [0.2, 0.25) is 0 Å². The Morgan fingerprint density at radius 3 is 2.67 bits per heavy atom. The van der Waals surface area contributed by atoms with Crippen molar-refractivity contribution in [1.29, 1.82) is 0 Å². The van der Waals surface area contributed by atoms with Gasteiger partial charge in [0.05, 0.1) is 0 Å². The molecule has 6 heteroatoms. The third-order valence-corrected chi connectivity index (χ3v) is 4.77. The van der Waals surface area contributed by atoms with Gasteiger partial charge in [-0.25, -0.2) is 0 Å². The molecule has 1 saturated heterocycles. The van der Waals surface area contributed by atoms with Crippen molar-refractivity contribution >= 4 is 5.91 Å². The first-order chi connectivity index (χ1) is 11.6. The molecule has 0 bridgehead atoms. The first kappa shape index (κ1) is 16.6. The summed E-state index contributed by atoms with van der Waals surface area (Å²) in [7, 11) is 0. The average molecular weight is 328 g/mol. The number of hydrogen-bond donors (Lipinski definition) is 1. The largest absolute Gasteiger partial charge is 0.350 e. The van der Waals surface area contributed by atoms with Crippen molar-refractivity contribution in [1.82, 2.24) is 20.4 Å². The van der Waals surface area contributed by atoms with Crippen molar-refractivity contribution in [2.75, 3.05) is 19.6 Å². The minimum Gasteiger partial charge on any atom is -0.350 e. The summed E-state index contributed by atoms with van der Waals surface area (Å²) in [6, 6.07) is 7.59. The Bertz CT molecular complexity index is 646. The monoisotopic (exact) mass is 328 g/mol. The second-order valence-corrected chi connectivity index (χ2v) is 6.61. The molecule has 0 saturated carbocycles. The highest BCUT2D eigenvalue weighted by molar-refractivity contribution is 5.94. The summed E-state index contributed by atoms with van der Waals surface area (Å²) < 4.78 is 4.73. The van der Waals surface area contributed by atoms with Gasteiger partial charge in [-0.05, 0) is 50.9 Å². The lowest BCUT2D eigenvalue weighted by Crippen LogP contribution is -2.45. The van der Waals surface area contributed by atoms with Crippen molar-refractivity contribution in [3.05, 3.63) is 36.2 Å². The normalized spacial score (nSPS) is 17.6. The number of rotatable bonds is 5. The molecule has 1 aromatic heterocycles. The Kier molecular flexibility index (Phi) is 5.25. The molecule has 1 fully saturated rings. The number of nitrogens with one attached hydrogen (secondary N) is 1. The van der Waals surface area contributed by atoms with Crippen LogP contribution in [-0.2, 0) is 0 Å². The lowest BCUT2D eigenvalue weighted by Gasteiger charge is -2.35. The van der Waals surface area contributed by atoms with E-state index in [4.69, 9.17) is 4.52 Å².